The Labute approximate surface area is 170 Å². The van der Waals surface area contributed by atoms with Crippen LogP contribution in [0.15, 0.2) is 53.4 Å². The molecule has 0 aromatic heterocycles. The molecule has 156 valence electrons. The van der Waals surface area contributed by atoms with E-state index in [1.165, 1.54) is 19.2 Å². The number of methoxy groups -OCH3 is 1. The normalized spacial score (nSPS) is 10.9. The summed E-state index contributed by atoms with van der Waals surface area (Å²) >= 11 is 0. The smallest absolute Gasteiger partial charge is 0.423 e. The van der Waals surface area contributed by atoms with Crippen LogP contribution in [0.1, 0.15) is 22.8 Å². The van der Waals surface area contributed by atoms with Crippen molar-refractivity contribution in [1.82, 2.24) is 9.62 Å². The highest BCUT2D eigenvalue weighted by molar-refractivity contribution is 7.89. The van der Waals surface area contributed by atoms with Gasteiger partial charge in [-0.3, -0.25) is 4.79 Å². The quantitative estimate of drug-likeness (QED) is 0.704. The number of nitrogens with one attached hydrogen (secondary N) is 1. The minimum absolute atomic E-state index is 0.0165. The number of hydrogen-bond donors (Lipinski definition) is 1. The van der Waals surface area contributed by atoms with E-state index in [9.17, 15) is 18.0 Å². The summed E-state index contributed by atoms with van der Waals surface area (Å²) in [6.07, 6.45) is -0.416. The summed E-state index contributed by atoms with van der Waals surface area (Å²) in [4.78, 5) is 23.8. The molecule has 0 aliphatic carbocycles. The van der Waals surface area contributed by atoms with Gasteiger partial charge in [-0.15, -0.1) is 0 Å². The molecule has 0 saturated carbocycles. The summed E-state index contributed by atoms with van der Waals surface area (Å²) in [6.45, 7) is 2.06. The third-order valence-corrected chi connectivity index (χ3v) is 5.88. The maximum absolute atomic E-state index is 12.4. The van der Waals surface area contributed by atoms with Gasteiger partial charge in [-0.2, -0.15) is 0 Å². The Hall–Kier alpha value is -3.07. The fraction of sp³-hybridized carbons (Fsp3) is 0.300. The van der Waals surface area contributed by atoms with Gasteiger partial charge < -0.3 is 14.8 Å². The molecule has 0 aliphatic heterocycles. The van der Waals surface area contributed by atoms with Crippen molar-refractivity contribution in [2.45, 2.75) is 18.2 Å². The number of sulfonamides is 1. The molecule has 0 saturated heterocycles. The van der Waals surface area contributed by atoms with E-state index in [2.05, 4.69) is 5.32 Å². The first-order valence-corrected chi connectivity index (χ1v) is 10.4. The zero-order valence-electron chi connectivity index (χ0n) is 16.5. The molecule has 0 atom stereocenters. The second-order valence-electron chi connectivity index (χ2n) is 6.05. The van der Waals surface area contributed by atoms with Crippen LogP contribution in [0.4, 0.5) is 4.79 Å². The molecule has 0 fully saturated rings. The van der Waals surface area contributed by atoms with Crippen LogP contribution in [0.5, 0.6) is 5.75 Å². The second kappa shape index (κ2) is 9.92. The Morgan fingerprint density at radius 2 is 1.79 bits per heavy atom. The third kappa shape index (κ3) is 5.71. The molecule has 2 amide bonds. The van der Waals surface area contributed by atoms with Crippen molar-refractivity contribution in [3.8, 4) is 5.75 Å². The molecule has 2 rings (SSSR count). The molecule has 2 aromatic rings. The summed E-state index contributed by atoms with van der Waals surface area (Å²) in [6, 6.07) is 13.0. The van der Waals surface area contributed by atoms with Gasteiger partial charge in [0, 0.05) is 19.2 Å². The average Bonchev–Trinajstić information content (AvgIpc) is 2.73. The van der Waals surface area contributed by atoms with Crippen LogP contribution >= 0.6 is 0 Å². The number of carbonyl (C=O) groups is 2. The first-order valence-electron chi connectivity index (χ1n) is 8.96. The number of amides is 2. The average molecular weight is 420 g/mol. The third-order valence-electron chi connectivity index (χ3n) is 4.14. The minimum Gasteiger partial charge on any atom is -0.497 e. The van der Waals surface area contributed by atoms with Crippen molar-refractivity contribution < 1.29 is 27.5 Å². The number of nitrogens with zero attached hydrogens (tertiary/aromatic N) is 1. The number of benzene rings is 2. The van der Waals surface area contributed by atoms with Crippen molar-refractivity contribution in [3.63, 3.8) is 0 Å². The predicted octanol–water partition coefficient (Wildman–Crippen LogP) is 2.44. The molecule has 29 heavy (non-hydrogen) atoms. The van der Waals surface area contributed by atoms with E-state index in [-0.39, 0.29) is 17.4 Å². The number of ether oxygens (including phenoxy) is 2. The van der Waals surface area contributed by atoms with Gasteiger partial charge in [-0.25, -0.2) is 17.5 Å². The highest BCUT2D eigenvalue weighted by Gasteiger charge is 2.26. The SMILES string of the molecule is CCOC(=O)N(C)S(=O)(=O)c1ccc(CCNC(=O)c2cccc(OC)c2)cc1. The lowest BCUT2D eigenvalue weighted by atomic mass is 10.1. The number of rotatable bonds is 8. The zero-order chi connectivity index (χ0) is 21.4. The Kier molecular flexibility index (Phi) is 7.60. The van der Waals surface area contributed by atoms with E-state index >= 15 is 0 Å². The van der Waals surface area contributed by atoms with Gasteiger partial charge in [0.25, 0.3) is 15.9 Å². The number of hydrogen-bond acceptors (Lipinski definition) is 6. The first kappa shape index (κ1) is 22.2. The van der Waals surface area contributed by atoms with Gasteiger partial charge in [0.05, 0.1) is 18.6 Å². The van der Waals surface area contributed by atoms with Crippen LogP contribution in [0.3, 0.4) is 0 Å². The van der Waals surface area contributed by atoms with Crippen molar-refractivity contribution in [2.75, 3.05) is 27.3 Å². The Morgan fingerprint density at radius 3 is 2.41 bits per heavy atom. The van der Waals surface area contributed by atoms with Crippen LogP contribution < -0.4 is 10.1 Å². The topological polar surface area (TPSA) is 102 Å². The Morgan fingerprint density at radius 1 is 1.10 bits per heavy atom. The molecule has 8 nitrogen and oxygen atoms in total. The molecule has 0 aliphatic rings. The maximum Gasteiger partial charge on any atom is 0.423 e. The molecule has 0 heterocycles. The Balaban J connectivity index is 1.95. The van der Waals surface area contributed by atoms with Crippen LogP contribution in [0.2, 0.25) is 0 Å². The first-order chi connectivity index (χ1) is 13.8. The molecule has 9 heteroatoms. The van der Waals surface area contributed by atoms with Crippen molar-refractivity contribution in [2.24, 2.45) is 0 Å². The largest absolute Gasteiger partial charge is 0.497 e. The summed E-state index contributed by atoms with van der Waals surface area (Å²) in [5.74, 6) is 0.376. The van der Waals surface area contributed by atoms with Crippen LogP contribution in [0.25, 0.3) is 0 Å². The molecular weight excluding hydrogens is 396 g/mol. The standard InChI is InChI=1S/C20H24N2O6S/c1-4-28-20(24)22(2)29(25,26)18-10-8-15(9-11-18)12-13-21-19(23)16-6-5-7-17(14-16)27-3/h5-11,14H,4,12-13H2,1-3H3,(H,21,23). The Bertz CT molecular complexity index is 957. The van der Waals surface area contributed by atoms with Gasteiger partial charge in [0.1, 0.15) is 5.75 Å². The predicted molar refractivity (Wildman–Crippen MR) is 107 cm³/mol. The summed E-state index contributed by atoms with van der Waals surface area (Å²) < 4.78 is 35.3. The van der Waals surface area contributed by atoms with E-state index in [1.807, 2.05) is 0 Å². The van der Waals surface area contributed by atoms with Crippen molar-refractivity contribution >= 4 is 22.0 Å². The monoisotopic (exact) mass is 420 g/mol. The lowest BCUT2D eigenvalue weighted by Gasteiger charge is -2.17. The van der Waals surface area contributed by atoms with Crippen LogP contribution in [-0.2, 0) is 21.2 Å². The molecule has 1 N–H and O–H groups in total. The lowest BCUT2D eigenvalue weighted by Crippen LogP contribution is -2.33. The maximum atomic E-state index is 12.4. The van der Waals surface area contributed by atoms with Crippen molar-refractivity contribution in [3.05, 3.63) is 59.7 Å². The van der Waals surface area contributed by atoms with E-state index < -0.39 is 16.1 Å². The van der Waals surface area contributed by atoms with Gasteiger partial charge in [-0.1, -0.05) is 18.2 Å². The number of carbonyl (C=O) groups excluding carboxylic acids is 2. The van der Waals surface area contributed by atoms with Gasteiger partial charge in [0.15, 0.2) is 0 Å². The van der Waals surface area contributed by atoms with Gasteiger partial charge >= 0.3 is 6.09 Å². The van der Waals surface area contributed by atoms with E-state index in [4.69, 9.17) is 9.47 Å². The van der Waals surface area contributed by atoms with Gasteiger partial charge in [-0.05, 0) is 49.2 Å². The molecular formula is C20H24N2O6S. The highest BCUT2D eigenvalue weighted by atomic mass is 32.2. The van der Waals surface area contributed by atoms with Crippen molar-refractivity contribution in [1.29, 1.82) is 0 Å². The highest BCUT2D eigenvalue weighted by Crippen LogP contribution is 2.16. The fourth-order valence-electron chi connectivity index (χ4n) is 2.49. The summed E-state index contributed by atoms with van der Waals surface area (Å²) in [7, 11) is -1.30. The molecule has 2 aromatic carbocycles. The van der Waals surface area contributed by atoms with Crippen LogP contribution in [-0.4, -0.2) is 52.0 Å². The second-order valence-corrected chi connectivity index (χ2v) is 8.02. The van der Waals surface area contributed by atoms with E-state index in [0.29, 0.717) is 28.6 Å². The van der Waals surface area contributed by atoms with Crippen LogP contribution in [0, 0.1) is 0 Å². The van der Waals surface area contributed by atoms with E-state index in [1.54, 1.807) is 43.3 Å². The zero-order valence-corrected chi connectivity index (χ0v) is 17.4. The molecule has 0 unspecified atom stereocenters. The molecule has 0 bridgehead atoms. The molecule has 0 spiro atoms. The minimum atomic E-state index is -3.98. The van der Waals surface area contributed by atoms with Gasteiger partial charge in [0.2, 0.25) is 0 Å². The fourth-order valence-corrected chi connectivity index (χ4v) is 3.53. The molecule has 0 radical (unpaired) electrons. The lowest BCUT2D eigenvalue weighted by molar-refractivity contribution is 0.0953. The summed E-state index contributed by atoms with van der Waals surface area (Å²) in [5.41, 5.74) is 1.33. The van der Waals surface area contributed by atoms with E-state index in [0.717, 1.165) is 12.6 Å². The summed E-state index contributed by atoms with van der Waals surface area (Å²) in [5, 5.41) is 2.81.